The molecule has 0 aliphatic carbocycles. The van der Waals surface area contributed by atoms with Crippen molar-refractivity contribution in [3.8, 4) is 5.75 Å². The van der Waals surface area contributed by atoms with Gasteiger partial charge in [0, 0.05) is 36.6 Å². The van der Waals surface area contributed by atoms with Gasteiger partial charge in [0.1, 0.15) is 5.75 Å². The van der Waals surface area contributed by atoms with E-state index in [4.69, 9.17) is 4.74 Å². The number of amides is 1. The van der Waals surface area contributed by atoms with Gasteiger partial charge < -0.3 is 15.0 Å². The summed E-state index contributed by atoms with van der Waals surface area (Å²) in [6, 6.07) is 20.7. The van der Waals surface area contributed by atoms with Crippen LogP contribution in [0.3, 0.4) is 0 Å². The molecule has 4 rings (SSSR count). The SMILES string of the molecule is COc1ccc(NS(=O)(=O)c2cccc(C(=O)NCc3ccc(N4CCCC4)cc3)c2)cc1. The summed E-state index contributed by atoms with van der Waals surface area (Å²) in [7, 11) is -2.30. The molecule has 0 aromatic heterocycles. The molecule has 0 saturated carbocycles. The molecule has 7 nitrogen and oxygen atoms in total. The molecule has 0 unspecified atom stereocenters. The van der Waals surface area contributed by atoms with Crippen LogP contribution in [0, 0.1) is 0 Å². The highest BCUT2D eigenvalue weighted by Crippen LogP contribution is 2.21. The maximum atomic E-state index is 12.8. The highest BCUT2D eigenvalue weighted by Gasteiger charge is 2.17. The first-order valence-electron chi connectivity index (χ1n) is 10.8. The van der Waals surface area contributed by atoms with Gasteiger partial charge in [-0.05, 0) is 73.0 Å². The maximum absolute atomic E-state index is 12.8. The minimum absolute atomic E-state index is 0.0148. The molecule has 1 amide bonds. The summed E-state index contributed by atoms with van der Waals surface area (Å²) in [5.74, 6) is 0.294. The zero-order chi connectivity index (χ0) is 23.3. The van der Waals surface area contributed by atoms with Crippen LogP contribution in [0.15, 0.2) is 77.7 Å². The van der Waals surface area contributed by atoms with E-state index < -0.39 is 10.0 Å². The number of sulfonamides is 1. The Morgan fingerprint density at radius 3 is 2.33 bits per heavy atom. The van der Waals surface area contributed by atoms with Crippen molar-refractivity contribution in [3.63, 3.8) is 0 Å². The van der Waals surface area contributed by atoms with Crippen LogP contribution in [-0.2, 0) is 16.6 Å². The van der Waals surface area contributed by atoms with Gasteiger partial charge in [-0.3, -0.25) is 9.52 Å². The zero-order valence-electron chi connectivity index (χ0n) is 18.5. The molecule has 0 bridgehead atoms. The fourth-order valence-corrected chi connectivity index (χ4v) is 4.87. The van der Waals surface area contributed by atoms with Crippen molar-refractivity contribution in [2.75, 3.05) is 29.8 Å². The largest absolute Gasteiger partial charge is 0.497 e. The normalized spacial score (nSPS) is 13.5. The second-order valence-electron chi connectivity index (χ2n) is 7.91. The molecule has 1 aliphatic heterocycles. The Labute approximate surface area is 194 Å². The highest BCUT2D eigenvalue weighted by molar-refractivity contribution is 7.92. The summed E-state index contributed by atoms with van der Waals surface area (Å²) in [6.45, 7) is 2.53. The third-order valence-electron chi connectivity index (χ3n) is 5.61. The van der Waals surface area contributed by atoms with Crippen LogP contribution in [0.4, 0.5) is 11.4 Å². The summed E-state index contributed by atoms with van der Waals surface area (Å²) >= 11 is 0. The molecule has 1 saturated heterocycles. The Morgan fingerprint density at radius 1 is 0.970 bits per heavy atom. The van der Waals surface area contributed by atoms with Crippen LogP contribution in [0.1, 0.15) is 28.8 Å². The molecule has 172 valence electrons. The number of hydrogen-bond acceptors (Lipinski definition) is 5. The van der Waals surface area contributed by atoms with Crippen molar-refractivity contribution >= 4 is 27.3 Å². The Kier molecular flexibility index (Phi) is 6.84. The van der Waals surface area contributed by atoms with E-state index in [2.05, 4.69) is 27.1 Å². The Morgan fingerprint density at radius 2 is 1.67 bits per heavy atom. The number of rotatable bonds is 8. The van der Waals surface area contributed by atoms with Crippen molar-refractivity contribution in [1.29, 1.82) is 0 Å². The monoisotopic (exact) mass is 465 g/mol. The third kappa shape index (κ3) is 5.64. The molecule has 3 aromatic carbocycles. The Bertz CT molecular complexity index is 1200. The lowest BCUT2D eigenvalue weighted by Crippen LogP contribution is -2.23. The van der Waals surface area contributed by atoms with Crippen molar-refractivity contribution in [1.82, 2.24) is 5.32 Å². The van der Waals surface area contributed by atoms with Crippen LogP contribution >= 0.6 is 0 Å². The topological polar surface area (TPSA) is 87.7 Å². The fraction of sp³-hybridized carbons (Fsp3) is 0.240. The minimum Gasteiger partial charge on any atom is -0.497 e. The average Bonchev–Trinajstić information content (AvgIpc) is 3.38. The smallest absolute Gasteiger partial charge is 0.261 e. The second-order valence-corrected chi connectivity index (χ2v) is 9.59. The standard InChI is InChI=1S/C25H27N3O4S/c1-32-23-13-9-21(10-14-23)27-33(30,31)24-6-4-5-20(17-24)25(29)26-18-19-7-11-22(12-8-19)28-15-2-3-16-28/h4-14,17,27H,2-3,15-16,18H2,1H3,(H,26,29). The first-order chi connectivity index (χ1) is 15.9. The minimum atomic E-state index is -3.84. The van der Waals surface area contributed by atoms with Crippen LogP contribution in [-0.4, -0.2) is 34.5 Å². The molecule has 0 spiro atoms. The van der Waals surface area contributed by atoms with E-state index in [1.165, 1.54) is 30.7 Å². The van der Waals surface area contributed by atoms with Gasteiger partial charge in [-0.1, -0.05) is 18.2 Å². The maximum Gasteiger partial charge on any atom is 0.261 e. The van der Waals surface area contributed by atoms with E-state index in [9.17, 15) is 13.2 Å². The van der Waals surface area contributed by atoms with E-state index in [1.807, 2.05) is 12.1 Å². The number of hydrogen-bond donors (Lipinski definition) is 2. The van der Waals surface area contributed by atoms with Gasteiger partial charge in [-0.25, -0.2) is 8.42 Å². The average molecular weight is 466 g/mol. The number of benzene rings is 3. The third-order valence-corrected chi connectivity index (χ3v) is 6.99. The number of anilines is 2. The summed E-state index contributed by atoms with van der Waals surface area (Å²) < 4.78 is 33.2. The molecule has 0 atom stereocenters. The predicted octanol–water partition coefficient (Wildman–Crippen LogP) is 4.03. The lowest BCUT2D eigenvalue weighted by molar-refractivity contribution is 0.0950. The number of methoxy groups -OCH3 is 1. The zero-order valence-corrected chi connectivity index (χ0v) is 19.3. The number of ether oxygens (including phenoxy) is 1. The van der Waals surface area contributed by atoms with Crippen LogP contribution in [0.5, 0.6) is 5.75 Å². The van der Waals surface area contributed by atoms with Gasteiger partial charge in [0.05, 0.1) is 12.0 Å². The van der Waals surface area contributed by atoms with Gasteiger partial charge in [0.25, 0.3) is 15.9 Å². The Hall–Kier alpha value is -3.52. The number of carbonyl (C=O) groups is 1. The molecule has 0 radical (unpaired) electrons. The molecule has 1 heterocycles. The lowest BCUT2D eigenvalue weighted by atomic mass is 10.1. The first-order valence-corrected chi connectivity index (χ1v) is 12.3. The van der Waals surface area contributed by atoms with Crippen LogP contribution < -0.4 is 19.7 Å². The van der Waals surface area contributed by atoms with Crippen molar-refractivity contribution in [2.45, 2.75) is 24.3 Å². The molecular formula is C25H27N3O4S. The molecule has 8 heteroatoms. The Balaban J connectivity index is 1.39. The van der Waals surface area contributed by atoms with Gasteiger partial charge in [0.2, 0.25) is 0 Å². The molecular weight excluding hydrogens is 438 g/mol. The van der Waals surface area contributed by atoms with E-state index >= 15 is 0 Å². The summed E-state index contributed by atoms with van der Waals surface area (Å²) in [5, 5.41) is 2.86. The van der Waals surface area contributed by atoms with Crippen molar-refractivity contribution in [3.05, 3.63) is 83.9 Å². The summed E-state index contributed by atoms with van der Waals surface area (Å²) in [6.07, 6.45) is 2.45. The fourth-order valence-electron chi connectivity index (χ4n) is 3.76. The number of nitrogens with one attached hydrogen (secondary N) is 2. The van der Waals surface area contributed by atoms with Gasteiger partial charge in [0.15, 0.2) is 0 Å². The molecule has 1 fully saturated rings. The predicted molar refractivity (Wildman–Crippen MR) is 129 cm³/mol. The van der Waals surface area contributed by atoms with E-state index in [1.54, 1.807) is 43.5 Å². The van der Waals surface area contributed by atoms with Crippen LogP contribution in [0.25, 0.3) is 0 Å². The number of carbonyl (C=O) groups excluding carboxylic acids is 1. The van der Waals surface area contributed by atoms with Crippen molar-refractivity contribution < 1.29 is 17.9 Å². The molecule has 3 aromatic rings. The highest BCUT2D eigenvalue weighted by atomic mass is 32.2. The number of nitrogens with zero attached hydrogens (tertiary/aromatic N) is 1. The van der Waals surface area contributed by atoms with E-state index in [0.717, 1.165) is 18.7 Å². The van der Waals surface area contributed by atoms with Crippen molar-refractivity contribution in [2.24, 2.45) is 0 Å². The van der Waals surface area contributed by atoms with E-state index in [-0.39, 0.29) is 16.4 Å². The summed E-state index contributed by atoms with van der Waals surface area (Å²) in [5.41, 5.74) is 2.87. The first kappa shape index (κ1) is 22.7. The van der Waals surface area contributed by atoms with Crippen LogP contribution in [0.2, 0.25) is 0 Å². The molecule has 2 N–H and O–H groups in total. The van der Waals surface area contributed by atoms with Gasteiger partial charge >= 0.3 is 0 Å². The van der Waals surface area contributed by atoms with E-state index in [0.29, 0.717) is 18.0 Å². The molecule has 1 aliphatic rings. The lowest BCUT2D eigenvalue weighted by Gasteiger charge is -2.17. The quantitative estimate of drug-likeness (QED) is 0.525. The van der Waals surface area contributed by atoms with Gasteiger partial charge in [-0.2, -0.15) is 0 Å². The van der Waals surface area contributed by atoms with Gasteiger partial charge in [-0.15, -0.1) is 0 Å². The second kappa shape index (κ2) is 9.95. The summed E-state index contributed by atoms with van der Waals surface area (Å²) in [4.78, 5) is 15.0. The molecule has 33 heavy (non-hydrogen) atoms.